The van der Waals surface area contributed by atoms with E-state index in [0.29, 0.717) is 13.0 Å². The van der Waals surface area contributed by atoms with Crippen LogP contribution in [0, 0.1) is 0 Å². The number of likely N-dealkylation sites (tertiary alicyclic amines) is 1. The van der Waals surface area contributed by atoms with Crippen molar-refractivity contribution in [2.24, 2.45) is 4.99 Å². The van der Waals surface area contributed by atoms with Gasteiger partial charge in [-0.2, -0.15) is 0 Å². The molecule has 0 aliphatic carbocycles. The molecule has 3 rings (SSSR count). The molecule has 1 amide bonds. The van der Waals surface area contributed by atoms with Crippen LogP contribution in [-0.4, -0.2) is 56.1 Å². The molecule has 0 spiro atoms. The summed E-state index contributed by atoms with van der Waals surface area (Å²) in [5.74, 6) is 2.04. The van der Waals surface area contributed by atoms with E-state index in [1.54, 1.807) is 0 Å². The van der Waals surface area contributed by atoms with Crippen molar-refractivity contribution in [1.29, 1.82) is 0 Å². The summed E-state index contributed by atoms with van der Waals surface area (Å²) in [5.41, 5.74) is 2.62. The maximum atomic E-state index is 12.1. The molecule has 0 saturated carbocycles. The first-order chi connectivity index (χ1) is 12.8. The molecule has 0 aromatic heterocycles. The second kappa shape index (κ2) is 11.4. The van der Waals surface area contributed by atoms with Gasteiger partial charge < -0.3 is 20.3 Å². The fourth-order valence-electron chi connectivity index (χ4n) is 3.45. The van der Waals surface area contributed by atoms with Crippen LogP contribution in [0.1, 0.15) is 37.3 Å². The monoisotopic (exact) mass is 486 g/mol. The molecule has 0 radical (unpaired) electrons. The van der Waals surface area contributed by atoms with Gasteiger partial charge in [0.1, 0.15) is 5.75 Å². The molecule has 1 fully saturated rings. The number of ether oxygens (including phenoxy) is 1. The maximum absolute atomic E-state index is 12.1. The molecular formula is C20H31IN4O2. The van der Waals surface area contributed by atoms with E-state index in [4.69, 9.17) is 4.74 Å². The number of carbonyl (C=O) groups is 1. The van der Waals surface area contributed by atoms with Crippen LogP contribution in [0.4, 0.5) is 0 Å². The van der Waals surface area contributed by atoms with E-state index >= 15 is 0 Å². The van der Waals surface area contributed by atoms with Crippen LogP contribution in [0.5, 0.6) is 5.75 Å². The lowest BCUT2D eigenvalue weighted by molar-refractivity contribution is -0.129. The molecule has 27 heavy (non-hydrogen) atoms. The summed E-state index contributed by atoms with van der Waals surface area (Å²) in [4.78, 5) is 18.6. The number of aliphatic imine (C=N–C) groups is 1. The van der Waals surface area contributed by atoms with Gasteiger partial charge in [0.2, 0.25) is 5.91 Å². The van der Waals surface area contributed by atoms with Gasteiger partial charge in [-0.1, -0.05) is 12.1 Å². The number of hydrogen-bond donors (Lipinski definition) is 2. The number of guanidine groups is 1. The van der Waals surface area contributed by atoms with Crippen LogP contribution in [-0.2, 0) is 17.6 Å². The highest BCUT2D eigenvalue weighted by Crippen LogP contribution is 2.25. The normalized spacial score (nSPS) is 15.7. The summed E-state index contributed by atoms with van der Waals surface area (Å²) in [5, 5.41) is 6.61. The topological polar surface area (TPSA) is 66.0 Å². The lowest BCUT2D eigenvalue weighted by atomic mass is 10.1. The third kappa shape index (κ3) is 6.55. The number of carbonyl (C=O) groups excluding carboxylic acids is 1. The van der Waals surface area contributed by atoms with Gasteiger partial charge in [0.15, 0.2) is 5.96 Å². The van der Waals surface area contributed by atoms with E-state index in [0.717, 1.165) is 70.2 Å². The summed E-state index contributed by atoms with van der Waals surface area (Å²) in [7, 11) is 0. The molecular weight excluding hydrogens is 455 g/mol. The van der Waals surface area contributed by atoms with Crippen LogP contribution in [0.2, 0.25) is 0 Å². The molecule has 2 N–H and O–H groups in total. The summed E-state index contributed by atoms with van der Waals surface area (Å²) in [6, 6.07) is 6.44. The van der Waals surface area contributed by atoms with Crippen LogP contribution < -0.4 is 15.4 Å². The zero-order valence-corrected chi connectivity index (χ0v) is 18.5. The first-order valence-corrected chi connectivity index (χ1v) is 9.81. The highest BCUT2D eigenvalue weighted by molar-refractivity contribution is 14.0. The van der Waals surface area contributed by atoms with Gasteiger partial charge in [0.05, 0.1) is 13.2 Å². The number of halogens is 1. The van der Waals surface area contributed by atoms with E-state index in [1.807, 2.05) is 11.8 Å². The molecule has 1 saturated heterocycles. The number of benzene rings is 1. The molecule has 7 heteroatoms. The lowest BCUT2D eigenvalue weighted by Crippen LogP contribution is -2.38. The van der Waals surface area contributed by atoms with Crippen LogP contribution >= 0.6 is 24.0 Å². The maximum Gasteiger partial charge on any atom is 0.224 e. The van der Waals surface area contributed by atoms with E-state index in [1.165, 1.54) is 11.1 Å². The van der Waals surface area contributed by atoms with Gasteiger partial charge in [-0.25, -0.2) is 0 Å². The van der Waals surface area contributed by atoms with Crippen molar-refractivity contribution >= 4 is 35.8 Å². The molecule has 0 unspecified atom stereocenters. The van der Waals surface area contributed by atoms with E-state index in [2.05, 4.69) is 33.8 Å². The second-order valence-corrected chi connectivity index (χ2v) is 6.82. The van der Waals surface area contributed by atoms with Crippen molar-refractivity contribution in [1.82, 2.24) is 15.5 Å². The lowest BCUT2D eigenvalue weighted by Gasteiger charge is -2.15. The van der Waals surface area contributed by atoms with Crippen molar-refractivity contribution < 1.29 is 9.53 Å². The van der Waals surface area contributed by atoms with Crippen molar-refractivity contribution in [3.63, 3.8) is 0 Å². The number of amides is 1. The summed E-state index contributed by atoms with van der Waals surface area (Å²) < 4.78 is 5.55. The van der Waals surface area contributed by atoms with E-state index in [-0.39, 0.29) is 29.9 Å². The highest BCUT2D eigenvalue weighted by Gasteiger charge is 2.17. The molecule has 0 atom stereocenters. The molecule has 0 bridgehead atoms. The number of nitrogens with zero attached hydrogens (tertiary/aromatic N) is 2. The number of fused-ring (bicyclic) bond motifs is 1. The Morgan fingerprint density at radius 2 is 2.07 bits per heavy atom. The third-order valence-electron chi connectivity index (χ3n) is 4.86. The minimum absolute atomic E-state index is 0. The van der Waals surface area contributed by atoms with Gasteiger partial charge in [0, 0.05) is 39.0 Å². The zero-order chi connectivity index (χ0) is 18.2. The minimum Gasteiger partial charge on any atom is -0.493 e. The van der Waals surface area contributed by atoms with Crippen molar-refractivity contribution in [3.8, 4) is 5.75 Å². The predicted molar refractivity (Wildman–Crippen MR) is 119 cm³/mol. The summed E-state index contributed by atoms with van der Waals surface area (Å²) >= 11 is 0. The zero-order valence-electron chi connectivity index (χ0n) is 16.1. The molecule has 2 aliphatic heterocycles. The molecule has 150 valence electrons. The standard InChI is InChI=1S/C20H30N4O2.HI/c1-2-21-20(23-11-8-19(25)24-12-3-4-13-24)22-10-7-16-5-6-18-17(15-16)9-14-26-18;/h5-6,15H,2-4,7-14H2,1H3,(H2,21,22,23);1H. The van der Waals surface area contributed by atoms with Gasteiger partial charge in [-0.15, -0.1) is 24.0 Å². The van der Waals surface area contributed by atoms with Gasteiger partial charge >= 0.3 is 0 Å². The Balaban J connectivity index is 0.00000261. The van der Waals surface area contributed by atoms with Gasteiger partial charge in [0.25, 0.3) is 0 Å². The molecule has 2 heterocycles. The number of nitrogens with one attached hydrogen (secondary N) is 2. The van der Waals surface area contributed by atoms with Crippen molar-refractivity contribution in [3.05, 3.63) is 29.3 Å². The quantitative estimate of drug-likeness (QED) is 0.353. The Morgan fingerprint density at radius 1 is 1.26 bits per heavy atom. The van der Waals surface area contributed by atoms with E-state index in [9.17, 15) is 4.79 Å². The van der Waals surface area contributed by atoms with Gasteiger partial charge in [-0.05, 0) is 43.4 Å². The highest BCUT2D eigenvalue weighted by atomic mass is 127. The smallest absolute Gasteiger partial charge is 0.224 e. The van der Waals surface area contributed by atoms with Crippen molar-refractivity contribution in [2.75, 3.05) is 39.3 Å². The van der Waals surface area contributed by atoms with E-state index < -0.39 is 0 Å². The first kappa shape index (κ1) is 21.8. The fraction of sp³-hybridized carbons (Fsp3) is 0.600. The number of hydrogen-bond acceptors (Lipinski definition) is 3. The van der Waals surface area contributed by atoms with Gasteiger partial charge in [-0.3, -0.25) is 9.79 Å². The van der Waals surface area contributed by atoms with Crippen molar-refractivity contribution in [2.45, 2.75) is 39.0 Å². The Kier molecular flexibility index (Phi) is 9.17. The van der Waals surface area contributed by atoms with Crippen LogP contribution in [0.25, 0.3) is 0 Å². The molecule has 1 aromatic rings. The Labute approximate surface area is 179 Å². The SMILES string of the molecule is CCNC(=NCCC(=O)N1CCCC1)NCCc1ccc2c(c1)CCO2.I. The van der Waals surface area contributed by atoms with Crippen LogP contribution in [0.3, 0.4) is 0 Å². The Morgan fingerprint density at radius 3 is 2.85 bits per heavy atom. The fourth-order valence-corrected chi connectivity index (χ4v) is 3.45. The average Bonchev–Trinajstić information content (AvgIpc) is 3.33. The first-order valence-electron chi connectivity index (χ1n) is 9.81. The van der Waals surface area contributed by atoms with Crippen LogP contribution in [0.15, 0.2) is 23.2 Å². The Hall–Kier alpha value is -1.51. The molecule has 1 aromatic carbocycles. The molecule has 6 nitrogen and oxygen atoms in total. The summed E-state index contributed by atoms with van der Waals surface area (Å²) in [6.45, 7) is 6.81. The predicted octanol–water partition coefficient (Wildman–Crippen LogP) is 2.35. The average molecular weight is 486 g/mol. The third-order valence-corrected chi connectivity index (χ3v) is 4.86. The minimum atomic E-state index is 0. The largest absolute Gasteiger partial charge is 0.493 e. The second-order valence-electron chi connectivity index (χ2n) is 6.82. The summed E-state index contributed by atoms with van der Waals surface area (Å²) in [6.07, 6.45) is 4.69. The molecule has 2 aliphatic rings. The Bertz CT molecular complexity index is 645. The number of rotatable bonds is 7.